The van der Waals surface area contributed by atoms with Gasteiger partial charge in [-0.3, -0.25) is 4.79 Å². The molecule has 12 N–H and O–H groups in total. The first-order valence-electron chi connectivity index (χ1n) is 36.2. The van der Waals surface area contributed by atoms with E-state index in [0.29, 0.717) is 12.8 Å². The third-order valence-corrected chi connectivity index (χ3v) is 18.2. The number of ether oxygens (including phenoxy) is 6. The average molecular weight is 1290 g/mol. The first kappa shape index (κ1) is 82.2. The van der Waals surface area contributed by atoms with Gasteiger partial charge in [0.25, 0.3) is 0 Å². The largest absolute Gasteiger partial charge is 0.394 e. The summed E-state index contributed by atoms with van der Waals surface area (Å²) in [6.45, 7) is 1.71. The molecule has 0 radical (unpaired) electrons. The second kappa shape index (κ2) is 53.2. The number of amides is 1. The molecule has 3 fully saturated rings. The van der Waals surface area contributed by atoms with Crippen LogP contribution in [0.3, 0.4) is 0 Å². The molecule has 17 unspecified atom stereocenters. The van der Waals surface area contributed by atoms with Crippen LogP contribution in [0.4, 0.5) is 0 Å². The van der Waals surface area contributed by atoms with Gasteiger partial charge in [0.1, 0.15) is 73.2 Å². The maximum Gasteiger partial charge on any atom is 0.220 e. The number of allylic oxidation sites excluding steroid dienone is 5. The highest BCUT2D eigenvalue weighted by Gasteiger charge is 2.53. The van der Waals surface area contributed by atoms with Crippen LogP contribution >= 0.6 is 0 Å². The maximum atomic E-state index is 13.4. The summed E-state index contributed by atoms with van der Waals surface area (Å²) in [5, 5.41) is 120. The lowest BCUT2D eigenvalue weighted by Gasteiger charge is -2.48. The van der Waals surface area contributed by atoms with E-state index in [0.717, 1.165) is 38.5 Å². The molecule has 0 bridgehead atoms. The topological polar surface area (TPSA) is 307 Å². The van der Waals surface area contributed by atoms with Crippen LogP contribution in [-0.4, -0.2) is 193 Å². The summed E-state index contributed by atoms with van der Waals surface area (Å²) in [6.07, 6.45) is 35.9. The van der Waals surface area contributed by atoms with Gasteiger partial charge in [0.05, 0.1) is 38.6 Å². The van der Waals surface area contributed by atoms with Gasteiger partial charge in [-0.15, -0.1) is 0 Å². The van der Waals surface area contributed by atoms with Crippen LogP contribution in [-0.2, 0) is 33.2 Å². The second-order valence-corrected chi connectivity index (χ2v) is 26.0. The highest BCUT2D eigenvalue weighted by atomic mass is 16.8. The fourth-order valence-corrected chi connectivity index (χ4v) is 12.3. The molecular weight excluding hydrogens is 1150 g/mol. The number of hydrogen-bond donors (Lipinski definition) is 12. The molecule has 19 nitrogen and oxygen atoms in total. The molecule has 3 aliphatic rings. The second-order valence-electron chi connectivity index (χ2n) is 26.0. The van der Waals surface area contributed by atoms with Crippen molar-refractivity contribution in [2.75, 3.05) is 26.4 Å². The summed E-state index contributed by atoms with van der Waals surface area (Å²) in [5.74, 6) is -0.283. The highest BCUT2D eigenvalue weighted by molar-refractivity contribution is 5.76. The zero-order valence-electron chi connectivity index (χ0n) is 55.9. The van der Waals surface area contributed by atoms with Crippen LogP contribution in [0.1, 0.15) is 277 Å². The SMILES string of the molecule is CCCCCCCC/C=C/CC/C=C/C(O)C(COC1OC(CO)C(OC2OC(CO)C(OC3OC(CO)C(O)C(O)C3O)C(O)C2O)C(O)C1O)NC(=O)CCCCCCCCCCCCCCCCCCCCCCC/C=C\CCCCCCCCCC. The predicted octanol–water partition coefficient (Wildman–Crippen LogP) is 10.00. The molecule has 0 aromatic rings. The smallest absolute Gasteiger partial charge is 0.220 e. The zero-order chi connectivity index (χ0) is 65.4. The maximum absolute atomic E-state index is 13.4. The molecule has 0 aliphatic carbocycles. The normalized spacial score (nSPS) is 28.2. The Morgan fingerprint density at radius 1 is 0.389 bits per heavy atom. The van der Waals surface area contributed by atoms with Crippen molar-refractivity contribution in [2.24, 2.45) is 0 Å². The van der Waals surface area contributed by atoms with Gasteiger partial charge < -0.3 is 89.9 Å². The molecule has 1 amide bonds. The molecule has 0 aromatic carbocycles. The third-order valence-electron chi connectivity index (χ3n) is 18.2. The van der Waals surface area contributed by atoms with E-state index in [1.165, 1.54) is 205 Å². The van der Waals surface area contributed by atoms with Gasteiger partial charge in [-0.05, 0) is 57.8 Å². The number of rotatable bonds is 56. The quantitative estimate of drug-likeness (QED) is 0.0199. The van der Waals surface area contributed by atoms with Crippen LogP contribution in [0.5, 0.6) is 0 Å². The first-order valence-corrected chi connectivity index (χ1v) is 36.2. The fourth-order valence-electron chi connectivity index (χ4n) is 12.3. The summed E-state index contributed by atoms with van der Waals surface area (Å²) in [4.78, 5) is 13.4. The molecule has 90 heavy (non-hydrogen) atoms. The lowest BCUT2D eigenvalue weighted by Crippen LogP contribution is -2.66. The van der Waals surface area contributed by atoms with E-state index in [9.17, 15) is 61.0 Å². The van der Waals surface area contributed by atoms with E-state index in [2.05, 4.69) is 43.5 Å². The van der Waals surface area contributed by atoms with Crippen molar-refractivity contribution in [3.63, 3.8) is 0 Å². The number of aliphatic hydroxyl groups excluding tert-OH is 11. The first-order chi connectivity index (χ1) is 43.8. The number of carbonyl (C=O) groups is 1. The number of hydrogen-bond acceptors (Lipinski definition) is 18. The van der Waals surface area contributed by atoms with Gasteiger partial charge in [0.2, 0.25) is 5.91 Å². The van der Waals surface area contributed by atoms with Crippen LogP contribution < -0.4 is 5.32 Å². The van der Waals surface area contributed by atoms with Crippen molar-refractivity contribution in [1.29, 1.82) is 0 Å². The van der Waals surface area contributed by atoms with Crippen LogP contribution in [0.25, 0.3) is 0 Å². The monoisotopic (exact) mass is 1290 g/mol. The van der Waals surface area contributed by atoms with Crippen LogP contribution in [0.2, 0.25) is 0 Å². The molecule has 528 valence electrons. The van der Waals surface area contributed by atoms with Gasteiger partial charge >= 0.3 is 0 Å². The summed E-state index contributed by atoms with van der Waals surface area (Å²) in [5.41, 5.74) is 0. The van der Waals surface area contributed by atoms with E-state index in [1.54, 1.807) is 6.08 Å². The van der Waals surface area contributed by atoms with E-state index in [1.807, 2.05) is 6.08 Å². The minimum Gasteiger partial charge on any atom is -0.394 e. The molecule has 3 aliphatic heterocycles. The number of carbonyl (C=O) groups excluding carboxylic acids is 1. The molecule has 0 spiro atoms. The molecule has 3 saturated heterocycles. The number of aliphatic hydroxyl groups is 11. The van der Waals surface area contributed by atoms with Crippen molar-refractivity contribution in [3.8, 4) is 0 Å². The summed E-state index contributed by atoms with van der Waals surface area (Å²) in [6, 6.07) is -0.987. The average Bonchev–Trinajstić information content (AvgIpc) is 1.80. The lowest BCUT2D eigenvalue weighted by molar-refractivity contribution is -0.379. The Kier molecular flexibility index (Phi) is 48.6. The zero-order valence-corrected chi connectivity index (χ0v) is 55.9. The molecule has 3 heterocycles. The van der Waals surface area contributed by atoms with Crippen molar-refractivity contribution in [1.82, 2.24) is 5.32 Å². The molecule has 0 saturated carbocycles. The Labute approximate surface area is 542 Å². The van der Waals surface area contributed by atoms with Gasteiger partial charge in [-0.2, -0.15) is 0 Å². The Morgan fingerprint density at radius 2 is 0.711 bits per heavy atom. The Hall–Kier alpha value is -1.99. The number of unbranched alkanes of at least 4 members (excludes halogenated alkanes) is 36. The van der Waals surface area contributed by atoms with Crippen molar-refractivity contribution in [2.45, 2.75) is 381 Å². The molecule has 19 heteroatoms. The van der Waals surface area contributed by atoms with Crippen molar-refractivity contribution < 1.29 is 89.4 Å². The molecular formula is C71H131NO18. The van der Waals surface area contributed by atoms with Crippen LogP contribution in [0, 0.1) is 0 Å². The van der Waals surface area contributed by atoms with Gasteiger partial charge in [-0.25, -0.2) is 0 Å². The Morgan fingerprint density at radius 3 is 1.11 bits per heavy atom. The number of nitrogens with one attached hydrogen (secondary N) is 1. The van der Waals surface area contributed by atoms with Gasteiger partial charge in [0, 0.05) is 6.42 Å². The van der Waals surface area contributed by atoms with Crippen LogP contribution in [0.15, 0.2) is 36.5 Å². The van der Waals surface area contributed by atoms with E-state index >= 15 is 0 Å². The van der Waals surface area contributed by atoms with Gasteiger partial charge in [0.15, 0.2) is 18.9 Å². The molecule has 17 atom stereocenters. The predicted molar refractivity (Wildman–Crippen MR) is 351 cm³/mol. The fraction of sp³-hybridized carbons (Fsp3) is 0.901. The third kappa shape index (κ3) is 34.6. The molecule has 0 aromatic heterocycles. The van der Waals surface area contributed by atoms with Gasteiger partial charge in [-0.1, -0.05) is 249 Å². The van der Waals surface area contributed by atoms with E-state index < -0.39 is 124 Å². The molecule has 3 rings (SSSR count). The lowest BCUT2D eigenvalue weighted by atomic mass is 9.96. The standard InChI is InChI=1S/C71H131NO18/c1-3-5-7-9-11-13-15-17-18-19-20-21-22-23-24-25-26-27-28-29-30-31-32-33-34-35-36-37-39-41-43-45-47-49-59(77)72-54(55(76)48-46-44-42-40-38-16-14-12-10-8-6-4-2)53-85-69-65(83)62(80)67(57(51-74)87-69)90-71-66(84)63(81)68(58(52-75)88-71)89-70-64(82)61(79)60(78)56(50-73)86-70/h19-20,38,40,46,48,54-58,60-71,73-76,78-84H,3-18,21-37,39,41-45,47,49-53H2,1-2H3,(H,72,77)/b20-19-,40-38+,48-46+. The Balaban J connectivity index is 1.34. The van der Waals surface area contributed by atoms with Crippen molar-refractivity contribution >= 4 is 5.91 Å². The van der Waals surface area contributed by atoms with E-state index in [-0.39, 0.29) is 18.9 Å². The minimum absolute atomic E-state index is 0.239. The van der Waals surface area contributed by atoms with E-state index in [4.69, 9.17) is 28.4 Å². The minimum atomic E-state index is -1.98. The summed E-state index contributed by atoms with van der Waals surface area (Å²) < 4.78 is 34.3. The summed E-state index contributed by atoms with van der Waals surface area (Å²) >= 11 is 0. The Bertz CT molecular complexity index is 1780. The highest BCUT2D eigenvalue weighted by Crippen LogP contribution is 2.33. The van der Waals surface area contributed by atoms with Crippen molar-refractivity contribution in [3.05, 3.63) is 36.5 Å². The summed E-state index contributed by atoms with van der Waals surface area (Å²) in [7, 11) is 0.